The Morgan fingerprint density at radius 3 is 2.72 bits per heavy atom. The van der Waals surface area contributed by atoms with Crippen molar-refractivity contribution >= 4 is 40.5 Å². The number of rotatable bonds is 3. The van der Waals surface area contributed by atoms with Gasteiger partial charge in [0.1, 0.15) is 15.6 Å². The van der Waals surface area contributed by atoms with Crippen LogP contribution in [0.3, 0.4) is 0 Å². The van der Waals surface area contributed by atoms with Gasteiger partial charge in [-0.3, -0.25) is 4.98 Å². The first kappa shape index (κ1) is 13.3. The van der Waals surface area contributed by atoms with Gasteiger partial charge in [-0.25, -0.2) is 9.78 Å². The molecule has 0 bridgehead atoms. The smallest absolute Gasteiger partial charge is 0.347 e. The van der Waals surface area contributed by atoms with Crippen molar-refractivity contribution in [3.8, 4) is 10.7 Å². The van der Waals surface area contributed by atoms with Gasteiger partial charge in [-0.2, -0.15) is 0 Å². The fraction of sp³-hybridized carbons (Fsp3) is 0.182. The third kappa shape index (κ3) is 2.48. The summed E-state index contributed by atoms with van der Waals surface area (Å²) in [5, 5.41) is 10.3. The lowest BCUT2D eigenvalue weighted by Gasteiger charge is -1.98. The molecule has 0 spiro atoms. The average Bonchev–Trinajstić information content (AvgIpc) is 2.73. The number of carboxylic acids is 1. The maximum Gasteiger partial charge on any atom is 0.347 e. The number of halogens is 2. The first-order valence-electron chi connectivity index (χ1n) is 5.07. The number of hydrogen-bond acceptors (Lipinski definition) is 4. The molecule has 7 heteroatoms. The summed E-state index contributed by atoms with van der Waals surface area (Å²) >= 11 is 12.8. The van der Waals surface area contributed by atoms with Crippen LogP contribution in [0, 0.1) is 0 Å². The molecule has 2 aromatic rings. The molecule has 18 heavy (non-hydrogen) atoms. The molecule has 2 aromatic heterocycles. The molecule has 0 aromatic carbocycles. The van der Waals surface area contributed by atoms with E-state index in [-0.39, 0.29) is 4.88 Å². The summed E-state index contributed by atoms with van der Waals surface area (Å²) in [6, 6.07) is 1.55. The molecule has 94 valence electrons. The van der Waals surface area contributed by atoms with E-state index < -0.39 is 5.97 Å². The van der Waals surface area contributed by atoms with E-state index in [1.807, 2.05) is 6.92 Å². The van der Waals surface area contributed by atoms with Crippen LogP contribution in [0.25, 0.3) is 10.7 Å². The Morgan fingerprint density at radius 1 is 1.50 bits per heavy atom. The minimum Gasteiger partial charge on any atom is -0.477 e. The molecule has 0 aliphatic rings. The molecule has 0 radical (unpaired) electrons. The Kier molecular flexibility index (Phi) is 3.85. The number of hydrogen-bond donors (Lipinski definition) is 1. The van der Waals surface area contributed by atoms with Crippen LogP contribution in [0.1, 0.15) is 22.3 Å². The van der Waals surface area contributed by atoms with Crippen LogP contribution in [0.5, 0.6) is 0 Å². The minimum absolute atomic E-state index is 0.223. The van der Waals surface area contributed by atoms with Crippen molar-refractivity contribution in [2.45, 2.75) is 13.3 Å². The van der Waals surface area contributed by atoms with Crippen molar-refractivity contribution < 1.29 is 9.90 Å². The van der Waals surface area contributed by atoms with Gasteiger partial charge in [-0.1, -0.05) is 30.1 Å². The molecule has 0 atom stereocenters. The molecule has 1 N–H and O–H groups in total. The Morgan fingerprint density at radius 2 is 2.22 bits per heavy atom. The van der Waals surface area contributed by atoms with Gasteiger partial charge in [0.2, 0.25) is 0 Å². The third-order valence-corrected chi connectivity index (χ3v) is 3.82. The fourth-order valence-electron chi connectivity index (χ4n) is 1.43. The molecule has 0 amide bonds. The number of aryl methyl sites for hydroxylation is 1. The predicted molar refractivity (Wildman–Crippen MR) is 71.7 cm³/mol. The van der Waals surface area contributed by atoms with Gasteiger partial charge in [-0.05, 0) is 12.5 Å². The highest BCUT2D eigenvalue weighted by atomic mass is 35.5. The molecular formula is C11H8Cl2N2O2S. The molecule has 0 unspecified atom stereocenters. The number of nitrogens with zero attached hydrogens (tertiary/aromatic N) is 2. The van der Waals surface area contributed by atoms with Gasteiger partial charge in [0, 0.05) is 6.20 Å². The van der Waals surface area contributed by atoms with E-state index in [4.69, 9.17) is 28.3 Å². The Labute approximate surface area is 117 Å². The number of aromatic nitrogens is 2. The second-order valence-corrected chi connectivity index (χ2v) is 5.28. The van der Waals surface area contributed by atoms with Gasteiger partial charge in [0.05, 0.1) is 15.7 Å². The van der Waals surface area contributed by atoms with Gasteiger partial charge in [-0.15, -0.1) is 11.3 Å². The van der Waals surface area contributed by atoms with E-state index in [2.05, 4.69) is 9.97 Å². The third-order valence-electron chi connectivity index (χ3n) is 2.24. The summed E-state index contributed by atoms with van der Waals surface area (Å²) in [5.41, 5.74) is 0.989. The monoisotopic (exact) mass is 302 g/mol. The van der Waals surface area contributed by atoms with Crippen LogP contribution in [0.2, 0.25) is 10.0 Å². The minimum atomic E-state index is -0.985. The van der Waals surface area contributed by atoms with Crippen molar-refractivity contribution in [1.29, 1.82) is 0 Å². The lowest BCUT2D eigenvalue weighted by Crippen LogP contribution is -1.97. The molecular weight excluding hydrogens is 295 g/mol. The lowest BCUT2D eigenvalue weighted by molar-refractivity contribution is 0.0701. The SMILES string of the molecule is CCc1nc(-c2ncc(Cl)cc2Cl)sc1C(=O)O. The highest BCUT2D eigenvalue weighted by Crippen LogP contribution is 2.32. The number of thiazole rings is 1. The first-order chi connectivity index (χ1) is 8.52. The van der Waals surface area contributed by atoms with E-state index in [0.29, 0.717) is 32.9 Å². The summed E-state index contributed by atoms with van der Waals surface area (Å²) in [5.74, 6) is -0.985. The zero-order valence-electron chi connectivity index (χ0n) is 9.28. The molecule has 0 saturated heterocycles. The quantitative estimate of drug-likeness (QED) is 0.937. The predicted octanol–water partition coefficient (Wildman–Crippen LogP) is 3.77. The van der Waals surface area contributed by atoms with Gasteiger partial charge in [0.15, 0.2) is 0 Å². The largest absolute Gasteiger partial charge is 0.477 e. The lowest BCUT2D eigenvalue weighted by atomic mass is 10.3. The van der Waals surface area contributed by atoms with Crippen LogP contribution in [0.15, 0.2) is 12.3 Å². The van der Waals surface area contributed by atoms with E-state index >= 15 is 0 Å². The second-order valence-electron chi connectivity index (χ2n) is 3.44. The zero-order valence-corrected chi connectivity index (χ0v) is 11.6. The van der Waals surface area contributed by atoms with Crippen LogP contribution in [-0.2, 0) is 6.42 Å². The highest BCUT2D eigenvalue weighted by Gasteiger charge is 2.19. The molecule has 2 heterocycles. The Hall–Kier alpha value is -1.17. The number of carbonyl (C=O) groups is 1. The average molecular weight is 303 g/mol. The molecule has 0 saturated carbocycles. The summed E-state index contributed by atoms with van der Waals surface area (Å²) in [6.07, 6.45) is 2.00. The van der Waals surface area contributed by atoms with Gasteiger partial charge >= 0.3 is 5.97 Å². The fourth-order valence-corrected chi connectivity index (χ4v) is 2.96. The normalized spacial score (nSPS) is 10.6. The first-order valence-corrected chi connectivity index (χ1v) is 6.64. The Bertz CT molecular complexity index is 613. The molecule has 0 fully saturated rings. The van der Waals surface area contributed by atoms with Crippen LogP contribution in [0.4, 0.5) is 0 Å². The zero-order chi connectivity index (χ0) is 13.3. The van der Waals surface area contributed by atoms with Crippen molar-refractivity contribution in [3.63, 3.8) is 0 Å². The maximum absolute atomic E-state index is 11.1. The van der Waals surface area contributed by atoms with Crippen LogP contribution >= 0.6 is 34.5 Å². The van der Waals surface area contributed by atoms with E-state index in [1.54, 1.807) is 6.07 Å². The molecule has 4 nitrogen and oxygen atoms in total. The summed E-state index contributed by atoms with van der Waals surface area (Å²) < 4.78 is 0. The van der Waals surface area contributed by atoms with E-state index in [0.717, 1.165) is 11.3 Å². The second kappa shape index (κ2) is 5.22. The van der Waals surface area contributed by atoms with Crippen molar-refractivity contribution in [2.75, 3.05) is 0 Å². The van der Waals surface area contributed by atoms with E-state index in [9.17, 15) is 4.79 Å². The number of pyridine rings is 1. The topological polar surface area (TPSA) is 63.1 Å². The van der Waals surface area contributed by atoms with Gasteiger partial charge < -0.3 is 5.11 Å². The van der Waals surface area contributed by atoms with Crippen LogP contribution < -0.4 is 0 Å². The molecule has 0 aliphatic heterocycles. The standard InChI is InChI=1S/C11H8Cl2N2O2S/c1-2-7-9(11(16)17)18-10(15-7)8-6(13)3-5(12)4-14-8/h3-4H,2H2,1H3,(H,16,17). The summed E-state index contributed by atoms with van der Waals surface area (Å²) in [4.78, 5) is 19.6. The highest BCUT2D eigenvalue weighted by molar-refractivity contribution is 7.17. The number of aromatic carboxylic acids is 1. The maximum atomic E-state index is 11.1. The number of carboxylic acid groups (broad SMARTS) is 1. The summed E-state index contributed by atoms with van der Waals surface area (Å²) in [6.45, 7) is 1.85. The van der Waals surface area contributed by atoms with Gasteiger partial charge in [0.25, 0.3) is 0 Å². The Balaban J connectivity index is 2.54. The van der Waals surface area contributed by atoms with Crippen molar-refractivity contribution in [3.05, 3.63) is 32.9 Å². The van der Waals surface area contributed by atoms with E-state index in [1.165, 1.54) is 6.20 Å². The van der Waals surface area contributed by atoms with Crippen molar-refractivity contribution in [2.24, 2.45) is 0 Å². The molecule has 2 rings (SSSR count). The molecule has 0 aliphatic carbocycles. The summed E-state index contributed by atoms with van der Waals surface area (Å²) in [7, 11) is 0. The van der Waals surface area contributed by atoms with Crippen molar-refractivity contribution in [1.82, 2.24) is 9.97 Å². The van der Waals surface area contributed by atoms with Crippen LogP contribution in [-0.4, -0.2) is 21.0 Å².